The van der Waals surface area contributed by atoms with E-state index in [4.69, 9.17) is 9.62 Å². The van der Waals surface area contributed by atoms with Crippen LogP contribution in [0.1, 0.15) is 23.4 Å². The van der Waals surface area contributed by atoms with E-state index in [1.807, 2.05) is 24.3 Å². The van der Waals surface area contributed by atoms with Crippen LogP contribution in [0.2, 0.25) is 0 Å². The molecule has 2 aliphatic heterocycles. The van der Waals surface area contributed by atoms with Gasteiger partial charge in [0.05, 0.1) is 18.1 Å². The Hall–Kier alpha value is -2.48. The number of thioether (sulfide) groups is 1. The van der Waals surface area contributed by atoms with Crippen molar-refractivity contribution in [2.45, 2.75) is 24.9 Å². The number of amides is 2. The number of benzene rings is 1. The molecule has 0 spiro atoms. The molecule has 2 fully saturated rings. The molecule has 7 nitrogen and oxygen atoms in total. The number of likely N-dealkylation sites (tertiary alicyclic amines) is 1. The van der Waals surface area contributed by atoms with Crippen LogP contribution >= 0.6 is 11.8 Å². The number of furan rings is 1. The lowest BCUT2D eigenvalue weighted by Crippen LogP contribution is -2.49. The van der Waals surface area contributed by atoms with Crippen molar-refractivity contribution in [3.8, 4) is 0 Å². The first kappa shape index (κ1) is 17.0. The smallest absolute Gasteiger partial charge is 0.290 e. The number of rotatable bonds is 3. The Kier molecular flexibility index (Phi) is 4.58. The van der Waals surface area contributed by atoms with Gasteiger partial charge in [0.15, 0.2) is 5.76 Å². The molecule has 8 heteroatoms. The number of para-hydroxylation sites is 1. The van der Waals surface area contributed by atoms with Gasteiger partial charge in [-0.05, 0) is 25.0 Å². The number of nitrogens with zero attached hydrogens (tertiary/aromatic N) is 3. The van der Waals surface area contributed by atoms with E-state index in [0.717, 1.165) is 11.8 Å². The lowest BCUT2D eigenvalue weighted by atomic mass is 10.1. The minimum Gasteiger partial charge on any atom is -0.451 e. The summed E-state index contributed by atoms with van der Waals surface area (Å²) in [7, 11) is 0. The monoisotopic (exact) mass is 373 g/mol. The van der Waals surface area contributed by atoms with E-state index in [9.17, 15) is 9.59 Å². The molecule has 26 heavy (non-hydrogen) atoms. The first-order valence-electron chi connectivity index (χ1n) is 8.54. The van der Waals surface area contributed by atoms with Gasteiger partial charge in [-0.2, -0.15) is 0 Å². The van der Waals surface area contributed by atoms with Crippen molar-refractivity contribution in [3.63, 3.8) is 0 Å². The van der Waals surface area contributed by atoms with Crippen molar-refractivity contribution in [3.05, 3.63) is 36.1 Å². The van der Waals surface area contributed by atoms with Gasteiger partial charge < -0.3 is 19.4 Å². The van der Waals surface area contributed by atoms with Gasteiger partial charge in [-0.25, -0.2) is 0 Å². The molecule has 4 rings (SSSR count). The van der Waals surface area contributed by atoms with Crippen molar-refractivity contribution < 1.29 is 19.2 Å². The predicted octanol–water partition coefficient (Wildman–Crippen LogP) is 2.40. The summed E-state index contributed by atoms with van der Waals surface area (Å²) in [5.74, 6) is 1.15. The fraction of sp³-hybridized carbons (Fsp3) is 0.389. The second kappa shape index (κ2) is 7.03. The number of carbonyl (C=O) groups is 2. The fourth-order valence-electron chi connectivity index (χ4n) is 3.57. The Labute approximate surface area is 154 Å². The summed E-state index contributed by atoms with van der Waals surface area (Å²) >= 11 is 1.61. The van der Waals surface area contributed by atoms with Crippen LogP contribution < -0.4 is 0 Å². The normalized spacial score (nSPS) is 23.4. The SMILES string of the molecule is O=C([C@@H]1CCCN1C(=O)c1cc2ccccc2o1)N1CSC[C@H]1C=NO. The van der Waals surface area contributed by atoms with E-state index in [-0.39, 0.29) is 23.6 Å². The molecule has 2 aromatic rings. The minimum atomic E-state index is -0.496. The number of hydrogen-bond acceptors (Lipinski definition) is 6. The highest BCUT2D eigenvalue weighted by Gasteiger charge is 2.40. The molecule has 0 bridgehead atoms. The lowest BCUT2D eigenvalue weighted by Gasteiger charge is -2.29. The van der Waals surface area contributed by atoms with Gasteiger partial charge in [0.1, 0.15) is 11.6 Å². The zero-order valence-electron chi connectivity index (χ0n) is 14.1. The van der Waals surface area contributed by atoms with Gasteiger partial charge in [0, 0.05) is 17.7 Å². The van der Waals surface area contributed by atoms with Gasteiger partial charge in [-0.15, -0.1) is 11.8 Å². The van der Waals surface area contributed by atoms with Crippen LogP contribution in [-0.2, 0) is 4.79 Å². The highest BCUT2D eigenvalue weighted by atomic mass is 32.2. The second-order valence-corrected chi connectivity index (χ2v) is 7.44. The standard InChI is InChI=1S/C18H19N3O4S/c22-17(21-11-26-10-13(21)9-19-24)14-5-3-7-20(14)18(23)16-8-12-4-1-2-6-15(12)25-16/h1-2,4,6,8-9,13-14,24H,3,5,7,10-11H2/t13-,14+/m1/s1. The molecule has 0 unspecified atom stereocenters. The summed E-state index contributed by atoms with van der Waals surface area (Å²) in [6, 6.07) is 8.45. The van der Waals surface area contributed by atoms with Crippen LogP contribution in [-0.4, -0.2) is 63.3 Å². The molecule has 3 heterocycles. The minimum absolute atomic E-state index is 0.0955. The largest absolute Gasteiger partial charge is 0.451 e. The number of hydrogen-bond donors (Lipinski definition) is 1. The van der Waals surface area contributed by atoms with E-state index >= 15 is 0 Å². The number of carbonyl (C=O) groups excluding carboxylic acids is 2. The van der Waals surface area contributed by atoms with Crippen LogP contribution in [0.5, 0.6) is 0 Å². The summed E-state index contributed by atoms with van der Waals surface area (Å²) < 4.78 is 5.68. The molecule has 2 atom stereocenters. The molecule has 2 saturated heterocycles. The summed E-state index contributed by atoms with van der Waals surface area (Å²) in [6.07, 6.45) is 2.79. The van der Waals surface area contributed by atoms with E-state index in [2.05, 4.69) is 5.16 Å². The maximum atomic E-state index is 13.0. The first-order chi connectivity index (χ1) is 12.7. The van der Waals surface area contributed by atoms with Gasteiger partial charge in [-0.1, -0.05) is 23.4 Å². The predicted molar refractivity (Wildman–Crippen MR) is 98.5 cm³/mol. The lowest BCUT2D eigenvalue weighted by molar-refractivity contribution is -0.134. The van der Waals surface area contributed by atoms with Crippen LogP contribution in [0, 0.1) is 0 Å². The quantitative estimate of drug-likeness (QED) is 0.507. The van der Waals surface area contributed by atoms with Gasteiger partial charge in [-0.3, -0.25) is 9.59 Å². The number of oxime groups is 1. The Bertz CT molecular complexity index is 832. The highest BCUT2D eigenvalue weighted by molar-refractivity contribution is 7.99. The molecular formula is C18H19N3O4S. The molecule has 2 amide bonds. The first-order valence-corrected chi connectivity index (χ1v) is 9.70. The number of fused-ring (bicyclic) bond motifs is 1. The van der Waals surface area contributed by atoms with E-state index in [1.165, 1.54) is 6.21 Å². The van der Waals surface area contributed by atoms with E-state index < -0.39 is 6.04 Å². The Morgan fingerprint density at radius 1 is 1.31 bits per heavy atom. The van der Waals surface area contributed by atoms with E-state index in [0.29, 0.717) is 30.2 Å². The average Bonchev–Trinajstić information content (AvgIpc) is 3.39. The Morgan fingerprint density at radius 3 is 2.96 bits per heavy atom. The second-order valence-electron chi connectivity index (χ2n) is 6.44. The molecule has 136 valence electrons. The van der Waals surface area contributed by atoms with Crippen molar-refractivity contribution in [2.24, 2.45) is 5.16 Å². The molecule has 1 aromatic heterocycles. The third-order valence-corrected chi connectivity index (χ3v) is 5.91. The summed E-state index contributed by atoms with van der Waals surface area (Å²) in [6.45, 7) is 0.534. The van der Waals surface area contributed by atoms with Crippen molar-refractivity contribution >= 4 is 40.8 Å². The zero-order valence-corrected chi connectivity index (χ0v) is 14.9. The van der Waals surface area contributed by atoms with E-state index in [1.54, 1.807) is 27.6 Å². The van der Waals surface area contributed by atoms with Crippen LogP contribution in [0.3, 0.4) is 0 Å². The topological polar surface area (TPSA) is 86.4 Å². The molecule has 1 N–H and O–H groups in total. The average molecular weight is 373 g/mol. The molecular weight excluding hydrogens is 354 g/mol. The molecule has 0 aliphatic carbocycles. The van der Waals surface area contributed by atoms with Crippen molar-refractivity contribution in [1.29, 1.82) is 0 Å². The van der Waals surface area contributed by atoms with Crippen molar-refractivity contribution in [2.75, 3.05) is 18.2 Å². The van der Waals surface area contributed by atoms with Gasteiger partial charge >= 0.3 is 0 Å². The maximum Gasteiger partial charge on any atom is 0.290 e. The van der Waals surface area contributed by atoms with Crippen LogP contribution in [0.25, 0.3) is 11.0 Å². The van der Waals surface area contributed by atoms with Gasteiger partial charge in [0.2, 0.25) is 5.91 Å². The summed E-state index contributed by atoms with van der Waals surface area (Å²) in [4.78, 5) is 29.2. The maximum absolute atomic E-state index is 13.0. The van der Waals surface area contributed by atoms with Gasteiger partial charge in [0.25, 0.3) is 5.91 Å². The molecule has 0 radical (unpaired) electrons. The van der Waals surface area contributed by atoms with Crippen LogP contribution in [0.15, 0.2) is 39.9 Å². The van der Waals surface area contributed by atoms with Crippen LogP contribution in [0.4, 0.5) is 0 Å². The highest BCUT2D eigenvalue weighted by Crippen LogP contribution is 2.28. The molecule has 0 saturated carbocycles. The fourth-order valence-corrected chi connectivity index (χ4v) is 4.70. The van der Waals surface area contributed by atoms with Crippen molar-refractivity contribution in [1.82, 2.24) is 9.80 Å². The third-order valence-electron chi connectivity index (χ3n) is 4.88. The summed E-state index contributed by atoms with van der Waals surface area (Å²) in [5.41, 5.74) is 0.660. The molecule has 1 aromatic carbocycles. The Morgan fingerprint density at radius 2 is 2.15 bits per heavy atom. The zero-order chi connectivity index (χ0) is 18.1. The Balaban J connectivity index is 1.56. The molecule has 2 aliphatic rings. The summed E-state index contributed by atoms with van der Waals surface area (Å²) in [5, 5.41) is 12.7. The third kappa shape index (κ3) is 2.94.